The zero-order valence-corrected chi connectivity index (χ0v) is 14.2. The van der Waals surface area contributed by atoms with Crippen LogP contribution in [-0.2, 0) is 6.54 Å². The van der Waals surface area contributed by atoms with Gasteiger partial charge in [0.15, 0.2) is 0 Å². The summed E-state index contributed by atoms with van der Waals surface area (Å²) in [5, 5.41) is 15.5. The van der Waals surface area contributed by atoms with Crippen LogP contribution in [0.25, 0.3) is 0 Å². The molecule has 3 aromatic rings. The van der Waals surface area contributed by atoms with Gasteiger partial charge in [-0.15, -0.1) is 0 Å². The maximum atomic E-state index is 12.4. The Bertz CT molecular complexity index is 882. The zero-order valence-electron chi connectivity index (χ0n) is 14.2. The maximum absolute atomic E-state index is 12.4. The highest BCUT2D eigenvalue weighted by Crippen LogP contribution is 2.20. The largest absolute Gasteiger partial charge is 0.321 e. The van der Waals surface area contributed by atoms with Crippen molar-refractivity contribution in [3.8, 4) is 0 Å². The third-order valence-electron chi connectivity index (χ3n) is 3.60. The van der Waals surface area contributed by atoms with E-state index in [1.54, 1.807) is 22.9 Å². The molecule has 0 spiro atoms. The predicted octanol–water partition coefficient (Wildman–Crippen LogP) is 4.88. The number of azo groups is 1. The second kappa shape index (κ2) is 7.53. The first kappa shape index (κ1) is 16.6. The van der Waals surface area contributed by atoms with Crippen LogP contribution in [0.3, 0.4) is 0 Å². The second-order valence-corrected chi connectivity index (χ2v) is 5.52. The topological polar surface area (TPSA) is 71.6 Å². The molecule has 3 rings (SSSR count). The molecule has 0 fully saturated rings. The maximum Gasteiger partial charge on any atom is 0.273 e. The van der Waals surface area contributed by atoms with Crippen LogP contribution >= 0.6 is 0 Å². The molecule has 1 amide bonds. The molecule has 0 atom stereocenters. The van der Waals surface area contributed by atoms with Crippen LogP contribution < -0.4 is 5.32 Å². The summed E-state index contributed by atoms with van der Waals surface area (Å²) in [6.45, 7) is 4.47. The number of aromatic nitrogens is 2. The van der Waals surface area contributed by atoms with Crippen molar-refractivity contribution in [2.75, 3.05) is 5.32 Å². The van der Waals surface area contributed by atoms with E-state index in [9.17, 15) is 4.79 Å². The van der Waals surface area contributed by atoms with E-state index in [-0.39, 0.29) is 5.91 Å². The summed E-state index contributed by atoms with van der Waals surface area (Å²) in [4.78, 5) is 12.4. The number of benzene rings is 2. The van der Waals surface area contributed by atoms with E-state index in [0.717, 1.165) is 17.1 Å². The van der Waals surface area contributed by atoms with Crippen LogP contribution in [-0.4, -0.2) is 15.7 Å². The summed E-state index contributed by atoms with van der Waals surface area (Å²) in [5.74, 6) is -0.180. The van der Waals surface area contributed by atoms with Gasteiger partial charge in [0, 0.05) is 12.2 Å². The quantitative estimate of drug-likeness (QED) is 0.676. The van der Waals surface area contributed by atoms with E-state index >= 15 is 0 Å². The molecular weight excluding hydrogens is 314 g/mol. The van der Waals surface area contributed by atoms with Crippen molar-refractivity contribution in [3.05, 3.63) is 72.1 Å². The van der Waals surface area contributed by atoms with Gasteiger partial charge in [-0.2, -0.15) is 15.3 Å². The number of carbonyl (C=O) groups is 1. The van der Waals surface area contributed by atoms with E-state index in [1.165, 1.54) is 0 Å². The number of amides is 1. The van der Waals surface area contributed by atoms with Gasteiger partial charge in [-0.3, -0.25) is 9.48 Å². The molecule has 1 aromatic heterocycles. The molecule has 0 aliphatic heterocycles. The van der Waals surface area contributed by atoms with Gasteiger partial charge < -0.3 is 5.32 Å². The molecule has 0 aliphatic carbocycles. The molecule has 0 unspecified atom stereocenters. The van der Waals surface area contributed by atoms with Crippen molar-refractivity contribution in [3.63, 3.8) is 0 Å². The third kappa shape index (κ3) is 4.17. The molecule has 0 radical (unpaired) electrons. The highest BCUT2D eigenvalue weighted by molar-refractivity contribution is 6.03. The van der Waals surface area contributed by atoms with Gasteiger partial charge in [-0.25, -0.2) is 0 Å². The fraction of sp³-hybridized carbons (Fsp3) is 0.158. The lowest BCUT2D eigenvalue weighted by molar-refractivity contribution is 0.101. The molecule has 6 heteroatoms. The van der Waals surface area contributed by atoms with Gasteiger partial charge in [0.2, 0.25) is 0 Å². The van der Waals surface area contributed by atoms with Crippen molar-refractivity contribution in [2.45, 2.75) is 20.4 Å². The number of hydrogen-bond acceptors (Lipinski definition) is 4. The number of nitrogens with one attached hydrogen (secondary N) is 1. The van der Waals surface area contributed by atoms with Crippen molar-refractivity contribution in [1.29, 1.82) is 0 Å². The summed E-state index contributed by atoms with van der Waals surface area (Å²) in [6.07, 6.45) is 0. The molecule has 0 aliphatic rings. The van der Waals surface area contributed by atoms with E-state index < -0.39 is 0 Å². The highest BCUT2D eigenvalue weighted by Gasteiger charge is 2.13. The lowest BCUT2D eigenvalue weighted by Crippen LogP contribution is -2.17. The van der Waals surface area contributed by atoms with E-state index in [2.05, 4.69) is 20.6 Å². The fourth-order valence-corrected chi connectivity index (χ4v) is 2.39. The molecule has 1 heterocycles. The number of rotatable bonds is 5. The Morgan fingerprint density at radius 1 is 1.04 bits per heavy atom. The van der Waals surface area contributed by atoms with Crippen LogP contribution in [0.5, 0.6) is 0 Å². The van der Waals surface area contributed by atoms with Crippen LogP contribution in [0.15, 0.2) is 70.9 Å². The van der Waals surface area contributed by atoms with Gasteiger partial charge in [0.25, 0.3) is 5.91 Å². The zero-order chi connectivity index (χ0) is 17.6. The normalized spacial score (nSPS) is 11.0. The van der Waals surface area contributed by atoms with Gasteiger partial charge in [-0.1, -0.05) is 18.2 Å². The predicted molar refractivity (Wildman–Crippen MR) is 97.7 cm³/mol. The molecule has 1 N–H and O–H groups in total. The monoisotopic (exact) mass is 333 g/mol. The van der Waals surface area contributed by atoms with Gasteiger partial charge in [0.1, 0.15) is 5.69 Å². The molecule has 0 saturated carbocycles. The molecule has 2 aromatic carbocycles. The molecular formula is C19H19N5O. The number of aryl methyl sites for hydroxylation is 2. The SMILES string of the molecule is CCn1nc(C)cc1C(=O)Nc1ccc(N=Nc2ccccc2)cc1. The van der Waals surface area contributed by atoms with Crippen LogP contribution in [0.1, 0.15) is 23.1 Å². The number of hydrogen-bond donors (Lipinski definition) is 1. The van der Waals surface area contributed by atoms with Crippen LogP contribution in [0.4, 0.5) is 17.1 Å². The van der Waals surface area contributed by atoms with E-state index in [4.69, 9.17) is 0 Å². The average Bonchev–Trinajstić information content (AvgIpc) is 3.03. The summed E-state index contributed by atoms with van der Waals surface area (Å²) < 4.78 is 1.69. The Kier molecular flexibility index (Phi) is 4.99. The highest BCUT2D eigenvalue weighted by atomic mass is 16.2. The molecule has 0 saturated heterocycles. The first-order valence-electron chi connectivity index (χ1n) is 8.08. The number of anilines is 1. The molecule has 126 valence electrons. The Hall–Kier alpha value is -3.28. The first-order valence-corrected chi connectivity index (χ1v) is 8.08. The van der Waals surface area contributed by atoms with Crippen molar-refractivity contribution in [1.82, 2.24) is 9.78 Å². The average molecular weight is 333 g/mol. The van der Waals surface area contributed by atoms with Crippen molar-refractivity contribution in [2.24, 2.45) is 10.2 Å². The Balaban J connectivity index is 1.68. The minimum atomic E-state index is -0.180. The van der Waals surface area contributed by atoms with Gasteiger partial charge in [-0.05, 0) is 56.3 Å². The molecule has 0 bridgehead atoms. The Labute approximate surface area is 146 Å². The van der Waals surface area contributed by atoms with Crippen molar-refractivity contribution >= 4 is 23.0 Å². The summed E-state index contributed by atoms with van der Waals surface area (Å²) >= 11 is 0. The van der Waals surface area contributed by atoms with Gasteiger partial charge >= 0.3 is 0 Å². The fourth-order valence-electron chi connectivity index (χ4n) is 2.39. The summed E-state index contributed by atoms with van der Waals surface area (Å²) in [6, 6.07) is 18.5. The number of carbonyl (C=O) groups excluding carboxylic acids is 1. The van der Waals surface area contributed by atoms with E-state index in [0.29, 0.717) is 17.9 Å². The van der Waals surface area contributed by atoms with Crippen molar-refractivity contribution < 1.29 is 4.79 Å². The minimum Gasteiger partial charge on any atom is -0.321 e. The number of nitrogens with zero attached hydrogens (tertiary/aromatic N) is 4. The second-order valence-electron chi connectivity index (χ2n) is 5.52. The van der Waals surface area contributed by atoms with E-state index in [1.807, 2.05) is 56.3 Å². The summed E-state index contributed by atoms with van der Waals surface area (Å²) in [5.41, 5.74) is 3.58. The smallest absolute Gasteiger partial charge is 0.273 e. The Morgan fingerprint density at radius 2 is 1.68 bits per heavy atom. The summed E-state index contributed by atoms with van der Waals surface area (Å²) in [7, 11) is 0. The molecule has 6 nitrogen and oxygen atoms in total. The molecule has 25 heavy (non-hydrogen) atoms. The Morgan fingerprint density at radius 3 is 2.32 bits per heavy atom. The minimum absolute atomic E-state index is 0.180. The third-order valence-corrected chi connectivity index (χ3v) is 3.60. The first-order chi connectivity index (χ1) is 12.2. The standard InChI is InChI=1S/C19H19N5O/c1-3-24-18(13-14(2)23-24)19(25)20-15-9-11-17(12-10-15)22-21-16-7-5-4-6-8-16/h4-13H,3H2,1-2H3,(H,20,25). The van der Waals surface area contributed by atoms with Crippen LogP contribution in [0.2, 0.25) is 0 Å². The van der Waals surface area contributed by atoms with Gasteiger partial charge in [0.05, 0.1) is 17.1 Å². The lowest BCUT2D eigenvalue weighted by Gasteiger charge is -2.06. The lowest BCUT2D eigenvalue weighted by atomic mass is 10.2. The van der Waals surface area contributed by atoms with Crippen LogP contribution in [0, 0.1) is 6.92 Å².